The van der Waals surface area contributed by atoms with Gasteiger partial charge in [0, 0.05) is 12.8 Å². The molecule has 1 fully saturated rings. The van der Waals surface area contributed by atoms with Crippen molar-refractivity contribution in [2.45, 2.75) is 25.0 Å². The van der Waals surface area contributed by atoms with Crippen LogP contribution in [0.3, 0.4) is 0 Å². The number of hydrogen-bond donors (Lipinski definition) is 1. The summed E-state index contributed by atoms with van der Waals surface area (Å²) >= 11 is 0. The summed E-state index contributed by atoms with van der Waals surface area (Å²) in [4.78, 5) is 0. The summed E-state index contributed by atoms with van der Waals surface area (Å²) in [6.07, 6.45) is 6.99. The molecule has 1 aliphatic rings. The second kappa shape index (κ2) is 2.84. The van der Waals surface area contributed by atoms with Gasteiger partial charge in [-0.25, -0.2) is 0 Å². The van der Waals surface area contributed by atoms with E-state index in [4.69, 9.17) is 11.5 Å². The molecule has 11 heavy (non-hydrogen) atoms. The zero-order chi connectivity index (χ0) is 8.48. The standard InChI is InChI=1S/C9H16NO/c1-4-5-10(2,3)8-6-9(11)7-8/h1,8-9,11H,5-7H2,2-3H3/q+1. The van der Waals surface area contributed by atoms with Gasteiger partial charge in [0.05, 0.1) is 26.2 Å². The molecule has 0 aliphatic heterocycles. The molecule has 0 bridgehead atoms. The van der Waals surface area contributed by atoms with Crippen LogP contribution in [0.2, 0.25) is 0 Å². The summed E-state index contributed by atoms with van der Waals surface area (Å²) in [5.41, 5.74) is 0. The van der Waals surface area contributed by atoms with Crippen molar-refractivity contribution in [2.75, 3.05) is 20.6 Å². The first-order chi connectivity index (χ1) is 5.06. The van der Waals surface area contributed by atoms with E-state index in [2.05, 4.69) is 20.0 Å². The lowest BCUT2D eigenvalue weighted by Crippen LogP contribution is -2.56. The molecule has 0 amide bonds. The molecule has 0 atom stereocenters. The summed E-state index contributed by atoms with van der Waals surface area (Å²) in [5.74, 6) is 2.66. The van der Waals surface area contributed by atoms with Gasteiger partial charge in [0.25, 0.3) is 0 Å². The highest BCUT2D eigenvalue weighted by atomic mass is 16.3. The largest absolute Gasteiger partial charge is 0.393 e. The maximum absolute atomic E-state index is 9.09. The molecular formula is C9H16NO+. The van der Waals surface area contributed by atoms with Crippen molar-refractivity contribution in [1.29, 1.82) is 0 Å². The number of aliphatic hydroxyl groups excluding tert-OH is 1. The molecule has 1 saturated carbocycles. The van der Waals surface area contributed by atoms with Gasteiger partial charge >= 0.3 is 0 Å². The molecule has 62 valence electrons. The third-order valence-corrected chi connectivity index (χ3v) is 2.58. The normalized spacial score (nSPS) is 30.7. The van der Waals surface area contributed by atoms with E-state index in [0.717, 1.165) is 23.9 Å². The van der Waals surface area contributed by atoms with E-state index in [9.17, 15) is 0 Å². The number of hydrogen-bond acceptors (Lipinski definition) is 1. The second-order valence-corrected chi connectivity index (χ2v) is 3.92. The van der Waals surface area contributed by atoms with Crippen molar-refractivity contribution >= 4 is 0 Å². The Morgan fingerprint density at radius 1 is 1.55 bits per heavy atom. The lowest BCUT2D eigenvalue weighted by Gasteiger charge is -2.44. The molecular weight excluding hydrogens is 138 g/mol. The van der Waals surface area contributed by atoms with Gasteiger partial charge in [0.1, 0.15) is 6.54 Å². The molecule has 0 heterocycles. The van der Waals surface area contributed by atoms with Gasteiger partial charge in [-0.2, -0.15) is 0 Å². The Labute approximate surface area is 68.4 Å². The zero-order valence-electron chi connectivity index (χ0n) is 7.25. The van der Waals surface area contributed by atoms with Crippen LogP contribution in [-0.2, 0) is 0 Å². The van der Waals surface area contributed by atoms with Gasteiger partial charge in [0.15, 0.2) is 0 Å². The fraction of sp³-hybridized carbons (Fsp3) is 0.778. The van der Waals surface area contributed by atoms with Gasteiger partial charge in [-0.15, -0.1) is 6.42 Å². The molecule has 1 rings (SSSR count). The maximum Gasteiger partial charge on any atom is 0.140 e. The Hall–Kier alpha value is -0.520. The first-order valence-corrected chi connectivity index (χ1v) is 4.00. The third kappa shape index (κ3) is 1.74. The Morgan fingerprint density at radius 2 is 2.09 bits per heavy atom. The second-order valence-electron chi connectivity index (χ2n) is 3.92. The molecule has 2 nitrogen and oxygen atoms in total. The number of aliphatic hydroxyl groups is 1. The van der Waals surface area contributed by atoms with E-state index in [-0.39, 0.29) is 6.10 Å². The van der Waals surface area contributed by atoms with Crippen molar-refractivity contribution in [3.63, 3.8) is 0 Å². The Kier molecular flexibility index (Phi) is 2.22. The van der Waals surface area contributed by atoms with E-state index < -0.39 is 0 Å². The first-order valence-electron chi connectivity index (χ1n) is 4.00. The van der Waals surface area contributed by atoms with Crippen molar-refractivity contribution < 1.29 is 9.59 Å². The highest BCUT2D eigenvalue weighted by Crippen LogP contribution is 2.28. The zero-order valence-corrected chi connectivity index (χ0v) is 7.25. The maximum atomic E-state index is 9.09. The predicted molar refractivity (Wildman–Crippen MR) is 44.8 cm³/mol. The molecule has 2 heteroatoms. The van der Waals surface area contributed by atoms with E-state index in [1.54, 1.807) is 0 Å². The lowest BCUT2D eigenvalue weighted by atomic mass is 9.87. The minimum Gasteiger partial charge on any atom is -0.393 e. The Balaban J connectivity index is 2.41. The van der Waals surface area contributed by atoms with Gasteiger partial charge in [0.2, 0.25) is 0 Å². The molecule has 0 saturated heterocycles. The smallest absolute Gasteiger partial charge is 0.140 e. The quantitative estimate of drug-likeness (QED) is 0.445. The molecule has 0 aromatic carbocycles. The van der Waals surface area contributed by atoms with E-state index >= 15 is 0 Å². The first kappa shape index (κ1) is 8.58. The summed E-state index contributed by atoms with van der Waals surface area (Å²) in [6.45, 7) is 0.761. The molecule has 1 aliphatic carbocycles. The molecule has 0 aromatic heterocycles. The van der Waals surface area contributed by atoms with Crippen LogP contribution in [0, 0.1) is 12.3 Å². The predicted octanol–water partition coefficient (Wildman–Crippen LogP) is 0.219. The summed E-state index contributed by atoms with van der Waals surface area (Å²) in [6, 6.07) is 0.570. The summed E-state index contributed by atoms with van der Waals surface area (Å²) in [5, 5.41) is 9.09. The van der Waals surface area contributed by atoms with Gasteiger partial charge in [-0.05, 0) is 5.92 Å². The summed E-state index contributed by atoms with van der Waals surface area (Å²) < 4.78 is 0.855. The van der Waals surface area contributed by atoms with Crippen molar-refractivity contribution in [2.24, 2.45) is 0 Å². The van der Waals surface area contributed by atoms with Crippen LogP contribution in [0.15, 0.2) is 0 Å². The van der Waals surface area contributed by atoms with E-state index in [0.29, 0.717) is 6.04 Å². The van der Waals surface area contributed by atoms with Gasteiger partial charge in [-0.1, -0.05) is 0 Å². The van der Waals surface area contributed by atoms with Crippen LogP contribution in [0.5, 0.6) is 0 Å². The highest BCUT2D eigenvalue weighted by Gasteiger charge is 2.39. The number of quaternary nitrogens is 1. The SMILES string of the molecule is C#CC[N+](C)(C)C1CC(O)C1. The minimum atomic E-state index is -0.0739. The van der Waals surface area contributed by atoms with Crippen LogP contribution >= 0.6 is 0 Å². The lowest BCUT2D eigenvalue weighted by molar-refractivity contribution is -0.915. The molecule has 0 unspecified atom stereocenters. The van der Waals surface area contributed by atoms with Crippen LogP contribution in [0.25, 0.3) is 0 Å². The van der Waals surface area contributed by atoms with E-state index in [1.165, 1.54) is 0 Å². The van der Waals surface area contributed by atoms with Crippen molar-refractivity contribution in [1.82, 2.24) is 0 Å². The van der Waals surface area contributed by atoms with Gasteiger partial charge < -0.3 is 9.59 Å². The average Bonchev–Trinajstić information content (AvgIpc) is 1.81. The van der Waals surface area contributed by atoms with Crippen molar-refractivity contribution in [3.05, 3.63) is 0 Å². The molecule has 1 N–H and O–H groups in total. The van der Waals surface area contributed by atoms with E-state index in [1.807, 2.05) is 0 Å². The Bertz CT molecular complexity index is 174. The number of rotatable bonds is 2. The fourth-order valence-electron chi connectivity index (χ4n) is 1.49. The number of nitrogens with zero attached hydrogens (tertiary/aromatic N) is 1. The molecule has 0 radical (unpaired) electrons. The molecule has 0 aromatic rings. The molecule has 0 spiro atoms. The number of terminal acetylenes is 1. The van der Waals surface area contributed by atoms with Crippen LogP contribution in [0.1, 0.15) is 12.8 Å². The highest BCUT2D eigenvalue weighted by molar-refractivity contribution is 4.87. The van der Waals surface area contributed by atoms with Crippen LogP contribution in [-0.4, -0.2) is 42.4 Å². The summed E-state index contributed by atoms with van der Waals surface area (Å²) in [7, 11) is 4.24. The van der Waals surface area contributed by atoms with Crippen LogP contribution in [0.4, 0.5) is 0 Å². The van der Waals surface area contributed by atoms with Crippen LogP contribution < -0.4 is 0 Å². The Morgan fingerprint density at radius 3 is 2.45 bits per heavy atom. The monoisotopic (exact) mass is 154 g/mol. The topological polar surface area (TPSA) is 20.2 Å². The van der Waals surface area contributed by atoms with Crippen molar-refractivity contribution in [3.8, 4) is 12.3 Å². The third-order valence-electron chi connectivity index (χ3n) is 2.58. The van der Waals surface area contributed by atoms with Gasteiger partial charge in [-0.3, -0.25) is 0 Å². The fourth-order valence-corrected chi connectivity index (χ4v) is 1.49. The minimum absolute atomic E-state index is 0.0739. The average molecular weight is 154 g/mol.